The summed E-state index contributed by atoms with van der Waals surface area (Å²) in [7, 11) is 0. The molecule has 19 heavy (non-hydrogen) atoms. The number of unbranched alkanes of at least 4 members (excludes halogenated alkanes) is 2. The number of amides is 2. The van der Waals surface area contributed by atoms with Gasteiger partial charge < -0.3 is 10.2 Å². The Labute approximate surface area is 115 Å². The van der Waals surface area contributed by atoms with Crippen molar-refractivity contribution in [3.8, 4) is 0 Å². The first kappa shape index (κ1) is 14.4. The van der Waals surface area contributed by atoms with E-state index in [1.807, 2.05) is 4.90 Å². The fraction of sp³-hybridized carbons (Fsp3) is 0.867. The quantitative estimate of drug-likeness (QED) is 0.747. The van der Waals surface area contributed by atoms with Gasteiger partial charge in [0, 0.05) is 19.6 Å². The SMILES string of the molecule is CCCCCNC(=O)C1CC1C(=O)N1CCCCC1. The molecule has 4 nitrogen and oxygen atoms in total. The molecule has 0 radical (unpaired) electrons. The molecule has 1 aliphatic carbocycles. The summed E-state index contributed by atoms with van der Waals surface area (Å²) in [6.45, 7) is 4.68. The normalized spacial score (nSPS) is 26.1. The van der Waals surface area contributed by atoms with Gasteiger partial charge >= 0.3 is 0 Å². The number of carbonyl (C=O) groups excluding carboxylic acids is 2. The van der Waals surface area contributed by atoms with E-state index in [2.05, 4.69) is 12.2 Å². The lowest BCUT2D eigenvalue weighted by atomic mass is 10.1. The Morgan fingerprint density at radius 3 is 2.53 bits per heavy atom. The lowest BCUT2D eigenvalue weighted by Gasteiger charge is -2.26. The molecule has 0 bridgehead atoms. The molecule has 1 saturated heterocycles. The molecular formula is C15H26N2O2. The summed E-state index contributed by atoms with van der Waals surface area (Å²) in [5.74, 6) is 0.236. The summed E-state index contributed by atoms with van der Waals surface area (Å²) < 4.78 is 0. The summed E-state index contributed by atoms with van der Waals surface area (Å²) in [5, 5.41) is 2.96. The van der Waals surface area contributed by atoms with Gasteiger partial charge in [0.1, 0.15) is 0 Å². The van der Waals surface area contributed by atoms with Crippen molar-refractivity contribution in [2.45, 2.75) is 51.9 Å². The van der Waals surface area contributed by atoms with Gasteiger partial charge in [0.15, 0.2) is 0 Å². The van der Waals surface area contributed by atoms with Crippen LogP contribution in [0.2, 0.25) is 0 Å². The number of nitrogens with zero attached hydrogens (tertiary/aromatic N) is 1. The summed E-state index contributed by atoms with van der Waals surface area (Å²) >= 11 is 0. The molecule has 1 N–H and O–H groups in total. The molecular weight excluding hydrogens is 240 g/mol. The molecule has 1 aliphatic heterocycles. The van der Waals surface area contributed by atoms with Crippen LogP contribution in [0.3, 0.4) is 0 Å². The van der Waals surface area contributed by atoms with Crippen LogP contribution in [0.1, 0.15) is 51.9 Å². The van der Waals surface area contributed by atoms with Crippen molar-refractivity contribution in [3.63, 3.8) is 0 Å². The van der Waals surface area contributed by atoms with Crippen molar-refractivity contribution in [3.05, 3.63) is 0 Å². The van der Waals surface area contributed by atoms with Crippen LogP contribution in [0.15, 0.2) is 0 Å². The van der Waals surface area contributed by atoms with Crippen LogP contribution in [0.4, 0.5) is 0 Å². The van der Waals surface area contributed by atoms with Gasteiger partial charge in [0.05, 0.1) is 11.8 Å². The summed E-state index contributed by atoms with van der Waals surface area (Å²) in [4.78, 5) is 26.0. The van der Waals surface area contributed by atoms with E-state index in [0.717, 1.165) is 58.2 Å². The van der Waals surface area contributed by atoms with E-state index in [1.54, 1.807) is 0 Å². The number of hydrogen-bond donors (Lipinski definition) is 1. The molecule has 2 atom stereocenters. The molecule has 2 aliphatic rings. The van der Waals surface area contributed by atoms with E-state index in [-0.39, 0.29) is 23.7 Å². The van der Waals surface area contributed by atoms with Gasteiger partial charge in [-0.3, -0.25) is 9.59 Å². The number of rotatable bonds is 6. The lowest BCUT2D eigenvalue weighted by Crippen LogP contribution is -2.38. The lowest BCUT2D eigenvalue weighted by molar-refractivity contribution is -0.135. The minimum atomic E-state index is -0.0453. The first-order valence-corrected chi connectivity index (χ1v) is 7.80. The molecule has 4 heteroatoms. The van der Waals surface area contributed by atoms with Crippen molar-refractivity contribution in [1.29, 1.82) is 0 Å². The zero-order chi connectivity index (χ0) is 13.7. The van der Waals surface area contributed by atoms with E-state index in [4.69, 9.17) is 0 Å². The average molecular weight is 266 g/mol. The van der Waals surface area contributed by atoms with Gasteiger partial charge in [-0.2, -0.15) is 0 Å². The summed E-state index contributed by atoms with van der Waals surface area (Å²) in [6.07, 6.45) is 7.58. The van der Waals surface area contributed by atoms with Gasteiger partial charge in [0.2, 0.25) is 11.8 Å². The van der Waals surface area contributed by atoms with Crippen LogP contribution in [0, 0.1) is 11.8 Å². The molecule has 1 saturated carbocycles. The fourth-order valence-corrected chi connectivity index (χ4v) is 2.82. The summed E-state index contributed by atoms with van der Waals surface area (Å²) in [5.41, 5.74) is 0. The Morgan fingerprint density at radius 2 is 1.84 bits per heavy atom. The van der Waals surface area contributed by atoms with E-state index in [9.17, 15) is 9.59 Å². The highest BCUT2D eigenvalue weighted by Gasteiger charge is 2.49. The van der Waals surface area contributed by atoms with Gasteiger partial charge in [-0.15, -0.1) is 0 Å². The standard InChI is InChI=1S/C15H26N2O2/c1-2-3-5-8-16-14(18)12-11-13(12)15(19)17-9-6-4-7-10-17/h12-13H,2-11H2,1H3,(H,16,18). The van der Waals surface area contributed by atoms with E-state index in [1.165, 1.54) is 6.42 Å². The molecule has 2 rings (SSSR count). The van der Waals surface area contributed by atoms with Crippen LogP contribution >= 0.6 is 0 Å². The van der Waals surface area contributed by atoms with Gasteiger partial charge in [-0.05, 0) is 32.1 Å². The van der Waals surface area contributed by atoms with E-state index < -0.39 is 0 Å². The van der Waals surface area contributed by atoms with Gasteiger partial charge in [-0.1, -0.05) is 19.8 Å². The highest BCUT2D eigenvalue weighted by Crippen LogP contribution is 2.40. The molecule has 2 amide bonds. The Hall–Kier alpha value is -1.06. The highest BCUT2D eigenvalue weighted by molar-refractivity contribution is 5.92. The van der Waals surface area contributed by atoms with Gasteiger partial charge in [-0.25, -0.2) is 0 Å². The maximum Gasteiger partial charge on any atom is 0.226 e. The highest BCUT2D eigenvalue weighted by atomic mass is 16.2. The van der Waals surface area contributed by atoms with Crippen molar-refractivity contribution in [1.82, 2.24) is 10.2 Å². The minimum Gasteiger partial charge on any atom is -0.356 e. The zero-order valence-electron chi connectivity index (χ0n) is 12.0. The van der Waals surface area contributed by atoms with E-state index in [0.29, 0.717) is 0 Å². The number of hydrogen-bond acceptors (Lipinski definition) is 2. The Morgan fingerprint density at radius 1 is 1.11 bits per heavy atom. The van der Waals surface area contributed by atoms with Crippen LogP contribution < -0.4 is 5.32 Å². The van der Waals surface area contributed by atoms with Crippen LogP contribution in [-0.2, 0) is 9.59 Å². The van der Waals surface area contributed by atoms with Crippen LogP contribution in [0.25, 0.3) is 0 Å². The van der Waals surface area contributed by atoms with Crippen molar-refractivity contribution in [2.24, 2.45) is 11.8 Å². The molecule has 0 aromatic rings. The smallest absolute Gasteiger partial charge is 0.226 e. The largest absolute Gasteiger partial charge is 0.356 e. The van der Waals surface area contributed by atoms with Crippen molar-refractivity contribution in [2.75, 3.05) is 19.6 Å². The molecule has 108 valence electrons. The number of nitrogens with one attached hydrogen (secondary N) is 1. The Kier molecular flexibility index (Phi) is 5.23. The van der Waals surface area contributed by atoms with Crippen LogP contribution in [-0.4, -0.2) is 36.3 Å². The molecule has 0 aromatic carbocycles. The minimum absolute atomic E-state index is 0.0238. The second-order valence-electron chi connectivity index (χ2n) is 5.83. The Balaban J connectivity index is 1.67. The Bertz CT molecular complexity index is 324. The summed E-state index contributed by atoms with van der Waals surface area (Å²) in [6, 6.07) is 0. The molecule has 0 aromatic heterocycles. The third-order valence-electron chi connectivity index (χ3n) is 4.19. The average Bonchev–Trinajstić information content (AvgIpc) is 3.24. The third-order valence-corrected chi connectivity index (χ3v) is 4.19. The monoisotopic (exact) mass is 266 g/mol. The second kappa shape index (κ2) is 6.92. The first-order chi connectivity index (χ1) is 9.24. The number of carbonyl (C=O) groups is 2. The zero-order valence-corrected chi connectivity index (χ0v) is 12.0. The predicted octanol–water partition coefficient (Wildman–Crippen LogP) is 1.94. The van der Waals surface area contributed by atoms with Crippen molar-refractivity contribution >= 4 is 11.8 Å². The van der Waals surface area contributed by atoms with Crippen molar-refractivity contribution < 1.29 is 9.59 Å². The fourth-order valence-electron chi connectivity index (χ4n) is 2.82. The maximum absolute atomic E-state index is 12.2. The van der Waals surface area contributed by atoms with Crippen LogP contribution in [0.5, 0.6) is 0 Å². The second-order valence-corrected chi connectivity index (χ2v) is 5.83. The van der Waals surface area contributed by atoms with E-state index >= 15 is 0 Å². The molecule has 2 fully saturated rings. The molecule has 1 heterocycles. The maximum atomic E-state index is 12.2. The predicted molar refractivity (Wildman–Crippen MR) is 74.6 cm³/mol. The first-order valence-electron chi connectivity index (χ1n) is 7.80. The molecule has 0 spiro atoms. The van der Waals surface area contributed by atoms with Gasteiger partial charge in [0.25, 0.3) is 0 Å². The number of likely N-dealkylation sites (tertiary alicyclic amines) is 1. The molecule has 2 unspecified atom stereocenters. The topological polar surface area (TPSA) is 49.4 Å². The third kappa shape index (κ3) is 3.95. The number of piperidine rings is 1.